The van der Waals surface area contributed by atoms with Gasteiger partial charge < -0.3 is 14.5 Å². The minimum absolute atomic E-state index is 0.00548. The Balaban J connectivity index is 1.21. The predicted molar refractivity (Wildman–Crippen MR) is 263 cm³/mol. The van der Waals surface area contributed by atoms with Crippen LogP contribution in [0.2, 0.25) is 0 Å². The second-order valence-electron chi connectivity index (χ2n) is 19.7. The Morgan fingerprint density at radius 3 is 1.85 bits per heavy atom. The molecule has 0 N–H and O–H groups in total. The van der Waals surface area contributed by atoms with Gasteiger partial charge in [0.25, 0.3) is 0 Å². The second kappa shape index (κ2) is 15.9. The van der Waals surface area contributed by atoms with Crippen LogP contribution in [0.4, 0.5) is 22.7 Å². The molecule has 6 aromatic carbocycles. The first-order valence-electron chi connectivity index (χ1n) is 22.4. The van der Waals surface area contributed by atoms with Crippen LogP contribution in [0.5, 0.6) is 11.5 Å². The molecule has 8 aromatic rings. The Morgan fingerprint density at radius 2 is 1.16 bits per heavy atom. The van der Waals surface area contributed by atoms with Crippen LogP contribution < -0.4 is 14.5 Å². The molecule has 2 aromatic heterocycles. The van der Waals surface area contributed by atoms with Crippen LogP contribution in [0.15, 0.2) is 146 Å². The summed E-state index contributed by atoms with van der Waals surface area (Å²) < 4.78 is 9.39. The Bertz CT molecular complexity index is 2910. The summed E-state index contributed by atoms with van der Waals surface area (Å²) in [7, 11) is 0. The molecule has 0 aliphatic carbocycles. The smallest absolute Gasteiger partial charge is 0.137 e. The van der Waals surface area contributed by atoms with E-state index in [-0.39, 0.29) is 10.8 Å². The Kier molecular flexibility index (Phi) is 10.5. The number of hydrogen-bond acceptors (Lipinski definition) is 4. The van der Waals surface area contributed by atoms with Crippen LogP contribution in [0.25, 0.3) is 38.8 Å². The van der Waals surface area contributed by atoms with E-state index in [0.717, 1.165) is 47.1 Å². The number of hydrogen-bond donors (Lipinski definition) is 0. The van der Waals surface area contributed by atoms with E-state index in [1.165, 1.54) is 61.2 Å². The van der Waals surface area contributed by atoms with Crippen LogP contribution in [0.3, 0.4) is 0 Å². The van der Waals surface area contributed by atoms with Gasteiger partial charge in [0.15, 0.2) is 0 Å². The first-order chi connectivity index (χ1) is 29.7. The SMILES string of the molecule is CC(C)c1cccc(C(C)C)c1-c1cc(Oc2ccc3c4ccccc4n(-c4cc(C(C)(C)C)ccn4)c3c2)cc(N2CCN(c3ccccc3C(C)(C)C)c3ccccc32)c1. The molecule has 0 amide bonds. The summed E-state index contributed by atoms with van der Waals surface area (Å²) in [6, 6.07) is 51.0. The lowest BCUT2D eigenvalue weighted by Crippen LogP contribution is -2.37. The third-order valence-corrected chi connectivity index (χ3v) is 12.6. The van der Waals surface area contributed by atoms with Crippen LogP contribution >= 0.6 is 0 Å². The maximum Gasteiger partial charge on any atom is 0.137 e. The Morgan fingerprint density at radius 1 is 0.532 bits per heavy atom. The first-order valence-corrected chi connectivity index (χ1v) is 22.4. The second-order valence-corrected chi connectivity index (χ2v) is 19.7. The van der Waals surface area contributed by atoms with Gasteiger partial charge in [-0.2, -0.15) is 0 Å². The number of ether oxygens (including phenoxy) is 1. The highest BCUT2D eigenvalue weighted by molar-refractivity contribution is 6.09. The molecule has 0 spiro atoms. The van der Waals surface area contributed by atoms with Crippen LogP contribution in [-0.4, -0.2) is 22.6 Å². The molecule has 3 heterocycles. The molecule has 1 aliphatic rings. The standard InChI is InChI=1S/C57H60N4O/c1-37(2)44-19-17-20-45(38(3)4)55(44)39-32-41(59-30-31-60(52-25-16-15-24-51(52)59)50-23-14-12-21-48(50)57(8,9)10)35-43(33-39)62-42-26-27-47-46-18-11-13-22-49(46)61(53(47)36-42)54-34-40(28-29-58-54)56(5,6)7/h11-29,32-38H,30-31H2,1-10H3. The van der Waals surface area contributed by atoms with E-state index in [1.807, 2.05) is 6.20 Å². The van der Waals surface area contributed by atoms with Crippen LogP contribution in [0.1, 0.15) is 103 Å². The minimum atomic E-state index is -0.0128. The fourth-order valence-electron chi connectivity index (χ4n) is 9.45. The summed E-state index contributed by atoms with van der Waals surface area (Å²) in [6.07, 6.45) is 1.94. The average Bonchev–Trinajstić information content (AvgIpc) is 3.58. The highest BCUT2D eigenvalue weighted by Crippen LogP contribution is 2.47. The number of fused-ring (bicyclic) bond motifs is 4. The van der Waals surface area contributed by atoms with Gasteiger partial charge in [-0.3, -0.25) is 4.57 Å². The van der Waals surface area contributed by atoms with Crippen molar-refractivity contribution in [2.45, 2.75) is 91.9 Å². The number of para-hydroxylation sites is 4. The van der Waals surface area contributed by atoms with Gasteiger partial charge in [-0.1, -0.05) is 136 Å². The summed E-state index contributed by atoms with van der Waals surface area (Å²) in [5.74, 6) is 3.18. The molecule has 0 saturated carbocycles. The molecule has 0 radical (unpaired) electrons. The highest BCUT2D eigenvalue weighted by Gasteiger charge is 2.29. The molecule has 0 atom stereocenters. The zero-order valence-electron chi connectivity index (χ0n) is 38.1. The average molecular weight is 817 g/mol. The summed E-state index contributed by atoms with van der Waals surface area (Å²) >= 11 is 0. The molecule has 0 unspecified atom stereocenters. The number of aromatic nitrogens is 2. The molecule has 0 saturated heterocycles. The molecule has 0 fully saturated rings. The fraction of sp³-hybridized carbons (Fsp3) is 0.281. The van der Waals surface area contributed by atoms with E-state index < -0.39 is 0 Å². The van der Waals surface area contributed by atoms with Gasteiger partial charge in [0, 0.05) is 53.6 Å². The Hall–Kier alpha value is -6.33. The van der Waals surface area contributed by atoms with E-state index >= 15 is 0 Å². The van der Waals surface area contributed by atoms with Crippen molar-refractivity contribution in [3.63, 3.8) is 0 Å². The van der Waals surface area contributed by atoms with Crippen molar-refractivity contribution in [3.8, 4) is 28.4 Å². The van der Waals surface area contributed by atoms with E-state index in [9.17, 15) is 0 Å². The lowest BCUT2D eigenvalue weighted by molar-refractivity contribution is 0.483. The van der Waals surface area contributed by atoms with Gasteiger partial charge in [-0.25, -0.2) is 4.98 Å². The number of nitrogens with zero attached hydrogens (tertiary/aromatic N) is 4. The largest absolute Gasteiger partial charge is 0.457 e. The predicted octanol–water partition coefficient (Wildman–Crippen LogP) is 15.8. The third-order valence-electron chi connectivity index (χ3n) is 12.6. The molecule has 314 valence electrons. The fourth-order valence-corrected chi connectivity index (χ4v) is 9.45. The van der Waals surface area contributed by atoms with Gasteiger partial charge >= 0.3 is 0 Å². The molecular weight excluding hydrogens is 757 g/mol. The first kappa shape index (κ1) is 41.0. The van der Waals surface area contributed by atoms with E-state index in [1.54, 1.807) is 0 Å². The van der Waals surface area contributed by atoms with Gasteiger partial charge in [-0.15, -0.1) is 0 Å². The Labute approximate surface area is 368 Å². The number of rotatable bonds is 8. The van der Waals surface area contributed by atoms with Gasteiger partial charge in [0.05, 0.1) is 22.4 Å². The van der Waals surface area contributed by atoms with Crippen LogP contribution in [-0.2, 0) is 10.8 Å². The van der Waals surface area contributed by atoms with Crippen molar-refractivity contribution in [1.29, 1.82) is 0 Å². The zero-order valence-corrected chi connectivity index (χ0v) is 38.1. The van der Waals surface area contributed by atoms with Gasteiger partial charge in [0.2, 0.25) is 0 Å². The molecule has 1 aliphatic heterocycles. The van der Waals surface area contributed by atoms with Crippen molar-refractivity contribution in [2.24, 2.45) is 0 Å². The van der Waals surface area contributed by atoms with Gasteiger partial charge in [-0.05, 0) is 117 Å². The summed E-state index contributed by atoms with van der Waals surface area (Å²) in [6.45, 7) is 24.5. The third kappa shape index (κ3) is 7.52. The van der Waals surface area contributed by atoms with Crippen molar-refractivity contribution in [2.75, 3.05) is 22.9 Å². The summed E-state index contributed by atoms with van der Waals surface area (Å²) in [5, 5.41) is 2.36. The minimum Gasteiger partial charge on any atom is -0.457 e. The maximum absolute atomic E-state index is 7.11. The number of anilines is 4. The molecule has 5 heteroatoms. The molecular formula is C57H60N4O. The van der Waals surface area contributed by atoms with E-state index in [4.69, 9.17) is 9.72 Å². The summed E-state index contributed by atoms with van der Waals surface area (Å²) in [4.78, 5) is 9.94. The normalized spacial score (nSPS) is 13.4. The number of pyridine rings is 1. The molecule has 62 heavy (non-hydrogen) atoms. The van der Waals surface area contributed by atoms with Crippen molar-refractivity contribution < 1.29 is 4.74 Å². The lowest BCUT2D eigenvalue weighted by Gasteiger charge is -2.41. The lowest BCUT2D eigenvalue weighted by atomic mass is 9.84. The summed E-state index contributed by atoms with van der Waals surface area (Å²) in [5.41, 5.74) is 14.7. The molecule has 9 rings (SSSR count). The van der Waals surface area contributed by atoms with E-state index in [2.05, 4.69) is 223 Å². The van der Waals surface area contributed by atoms with Crippen molar-refractivity contribution in [1.82, 2.24) is 9.55 Å². The van der Waals surface area contributed by atoms with Gasteiger partial charge in [0.1, 0.15) is 17.3 Å². The number of benzene rings is 6. The molecule has 0 bridgehead atoms. The van der Waals surface area contributed by atoms with Crippen molar-refractivity contribution >= 4 is 44.6 Å². The topological polar surface area (TPSA) is 33.5 Å². The maximum atomic E-state index is 7.11. The monoisotopic (exact) mass is 816 g/mol. The van der Waals surface area contributed by atoms with E-state index in [0.29, 0.717) is 11.8 Å². The highest BCUT2D eigenvalue weighted by atomic mass is 16.5. The zero-order chi connectivity index (χ0) is 43.5. The molecule has 5 nitrogen and oxygen atoms in total. The van der Waals surface area contributed by atoms with Crippen molar-refractivity contribution in [3.05, 3.63) is 168 Å². The van der Waals surface area contributed by atoms with Crippen LogP contribution in [0, 0.1) is 0 Å². The quantitative estimate of drug-likeness (QED) is 0.153.